The Hall–Kier alpha value is -6.92. The predicted molar refractivity (Wildman–Crippen MR) is 247 cm³/mol. The molecule has 0 fully saturated rings. The number of benzene rings is 8. The number of rotatable bonds is 5. The summed E-state index contributed by atoms with van der Waals surface area (Å²) in [5.41, 5.74) is 13.6. The van der Waals surface area contributed by atoms with Crippen LogP contribution in [0.5, 0.6) is 0 Å². The van der Waals surface area contributed by atoms with Crippen LogP contribution in [0, 0.1) is 0 Å². The van der Waals surface area contributed by atoms with Gasteiger partial charge in [-0.2, -0.15) is 0 Å². The van der Waals surface area contributed by atoms with Crippen LogP contribution < -0.4 is 5.32 Å². The first-order valence-electron chi connectivity index (χ1n) is 19.6. The molecule has 8 aromatic carbocycles. The van der Waals surface area contributed by atoms with Crippen molar-refractivity contribution in [1.82, 2.24) is 9.97 Å². The smallest absolute Gasteiger partial charge is 0.161 e. The highest BCUT2D eigenvalue weighted by molar-refractivity contribution is 7.26. The van der Waals surface area contributed by atoms with Crippen LogP contribution in [-0.2, 0) is 0 Å². The Morgan fingerprint density at radius 1 is 0.414 bits per heavy atom. The van der Waals surface area contributed by atoms with Crippen molar-refractivity contribution in [2.45, 2.75) is 6.04 Å². The number of para-hydroxylation sites is 1. The van der Waals surface area contributed by atoms with Gasteiger partial charge in [0.25, 0.3) is 0 Å². The molecule has 1 atom stereocenters. The molecule has 4 heterocycles. The van der Waals surface area contributed by atoms with Crippen molar-refractivity contribution in [2.75, 3.05) is 5.32 Å². The lowest BCUT2D eigenvalue weighted by Crippen LogP contribution is -2.19. The minimum absolute atomic E-state index is 0.00725. The van der Waals surface area contributed by atoms with Crippen molar-refractivity contribution < 1.29 is 0 Å². The van der Waals surface area contributed by atoms with Crippen molar-refractivity contribution in [1.29, 1.82) is 0 Å². The maximum Gasteiger partial charge on any atom is 0.161 e. The average Bonchev–Trinajstić information content (AvgIpc) is 3.88. The van der Waals surface area contributed by atoms with Gasteiger partial charge in [-0.1, -0.05) is 158 Å². The lowest BCUT2D eigenvalue weighted by Gasteiger charge is -2.32. The Labute approximate surface area is 343 Å². The number of aromatic nitrogens is 2. The zero-order valence-electron chi connectivity index (χ0n) is 31.2. The summed E-state index contributed by atoms with van der Waals surface area (Å²) >= 11 is 3.69. The van der Waals surface area contributed by atoms with Crippen LogP contribution in [0.3, 0.4) is 0 Å². The summed E-state index contributed by atoms with van der Waals surface area (Å²) in [6.45, 7) is 0. The molecule has 0 spiro atoms. The summed E-state index contributed by atoms with van der Waals surface area (Å²) in [4.78, 5) is 10.5. The molecule has 0 saturated heterocycles. The molecular weight excluding hydrogens is 743 g/mol. The summed E-state index contributed by atoms with van der Waals surface area (Å²) in [5.74, 6) is 0.730. The molecule has 11 aromatic rings. The van der Waals surface area contributed by atoms with Crippen molar-refractivity contribution in [3.05, 3.63) is 199 Å². The largest absolute Gasteiger partial charge is 0.373 e. The van der Waals surface area contributed by atoms with Crippen LogP contribution in [0.1, 0.15) is 17.2 Å². The Kier molecular flexibility index (Phi) is 7.65. The van der Waals surface area contributed by atoms with Gasteiger partial charge < -0.3 is 5.32 Å². The molecule has 0 amide bonds. The number of nitrogens with one attached hydrogen (secondary N) is 1. The summed E-state index contributed by atoms with van der Waals surface area (Å²) < 4.78 is 5.14. The van der Waals surface area contributed by atoms with E-state index in [1.165, 1.54) is 68.2 Å². The van der Waals surface area contributed by atoms with E-state index < -0.39 is 0 Å². The zero-order chi connectivity index (χ0) is 38.2. The van der Waals surface area contributed by atoms with Crippen LogP contribution in [0.4, 0.5) is 5.69 Å². The average molecular weight is 776 g/mol. The molecule has 3 aromatic heterocycles. The molecule has 272 valence electrons. The first-order chi connectivity index (χ1) is 28.7. The second-order valence-corrected chi connectivity index (χ2v) is 17.1. The lowest BCUT2D eigenvalue weighted by molar-refractivity contribution is 0.933. The standard InChI is InChI=1S/C53H33N3S2/c1-3-13-33(14-4-1)42-31-43(55-53(54-42)41-21-12-24-46-48(41)37-17-7-9-22-44(37)57-46)34-27-25-32(26-28-34)36-19-11-20-39-49-40(51(56-52(36)39)35-15-5-2-6-16-35)29-30-47-50(49)38-18-8-10-23-45(38)58-47/h1-31,51,56H. The van der Waals surface area contributed by atoms with Crippen LogP contribution in [0.25, 0.3) is 96.5 Å². The molecule has 1 N–H and O–H groups in total. The van der Waals surface area contributed by atoms with Crippen molar-refractivity contribution in [3.8, 4) is 56.2 Å². The Morgan fingerprint density at radius 2 is 0.966 bits per heavy atom. The van der Waals surface area contributed by atoms with E-state index in [0.717, 1.165) is 45.2 Å². The molecule has 0 aliphatic carbocycles. The summed E-state index contributed by atoms with van der Waals surface area (Å²) in [6.07, 6.45) is 0. The van der Waals surface area contributed by atoms with E-state index in [2.05, 4.69) is 187 Å². The van der Waals surface area contributed by atoms with Gasteiger partial charge >= 0.3 is 0 Å². The highest BCUT2D eigenvalue weighted by atomic mass is 32.1. The molecule has 3 nitrogen and oxygen atoms in total. The van der Waals surface area contributed by atoms with Gasteiger partial charge in [-0.25, -0.2) is 9.97 Å². The highest BCUT2D eigenvalue weighted by Gasteiger charge is 2.30. The number of hydrogen-bond donors (Lipinski definition) is 1. The first-order valence-corrected chi connectivity index (χ1v) is 21.2. The van der Waals surface area contributed by atoms with Gasteiger partial charge in [0, 0.05) is 68.2 Å². The Balaban J connectivity index is 1.01. The molecule has 58 heavy (non-hydrogen) atoms. The minimum Gasteiger partial charge on any atom is -0.373 e. The summed E-state index contributed by atoms with van der Waals surface area (Å²) in [6, 6.07) is 67.7. The minimum atomic E-state index is 0.00725. The molecule has 0 saturated carbocycles. The van der Waals surface area contributed by atoms with E-state index in [0.29, 0.717) is 0 Å². The third-order valence-electron chi connectivity index (χ3n) is 11.6. The van der Waals surface area contributed by atoms with Gasteiger partial charge in [0.15, 0.2) is 5.82 Å². The molecule has 5 heteroatoms. The fraction of sp³-hybridized carbons (Fsp3) is 0.0189. The van der Waals surface area contributed by atoms with E-state index in [-0.39, 0.29) is 6.04 Å². The third kappa shape index (κ3) is 5.32. The number of thiophene rings is 2. The number of fused-ring (bicyclic) bond motifs is 10. The van der Waals surface area contributed by atoms with Crippen LogP contribution in [-0.4, -0.2) is 9.97 Å². The first kappa shape index (κ1) is 33.2. The highest BCUT2D eigenvalue weighted by Crippen LogP contribution is 2.52. The predicted octanol–water partition coefficient (Wildman–Crippen LogP) is 15.1. The molecule has 1 aliphatic rings. The summed E-state index contributed by atoms with van der Waals surface area (Å²) in [5, 5.41) is 9.15. The van der Waals surface area contributed by atoms with Crippen molar-refractivity contribution in [2.24, 2.45) is 0 Å². The van der Waals surface area contributed by atoms with E-state index in [4.69, 9.17) is 9.97 Å². The fourth-order valence-electron chi connectivity index (χ4n) is 8.90. The number of hydrogen-bond acceptors (Lipinski definition) is 5. The molecule has 0 bridgehead atoms. The van der Waals surface area contributed by atoms with Gasteiger partial charge in [0.1, 0.15) is 0 Å². The Morgan fingerprint density at radius 3 is 1.71 bits per heavy atom. The summed E-state index contributed by atoms with van der Waals surface area (Å²) in [7, 11) is 0. The zero-order valence-corrected chi connectivity index (χ0v) is 32.8. The van der Waals surface area contributed by atoms with Gasteiger partial charge in [0.2, 0.25) is 0 Å². The van der Waals surface area contributed by atoms with E-state index >= 15 is 0 Å². The van der Waals surface area contributed by atoms with Crippen LogP contribution in [0.2, 0.25) is 0 Å². The van der Waals surface area contributed by atoms with Crippen LogP contribution in [0.15, 0.2) is 188 Å². The van der Waals surface area contributed by atoms with E-state index in [9.17, 15) is 0 Å². The van der Waals surface area contributed by atoms with Crippen LogP contribution >= 0.6 is 22.7 Å². The van der Waals surface area contributed by atoms with Crippen molar-refractivity contribution >= 4 is 68.7 Å². The van der Waals surface area contributed by atoms with E-state index in [1.807, 2.05) is 28.7 Å². The van der Waals surface area contributed by atoms with E-state index in [1.54, 1.807) is 0 Å². The quantitative estimate of drug-likeness (QED) is 0.189. The normalized spacial score (nSPS) is 13.5. The molecule has 0 radical (unpaired) electrons. The van der Waals surface area contributed by atoms with Crippen molar-refractivity contribution in [3.63, 3.8) is 0 Å². The maximum absolute atomic E-state index is 5.31. The lowest BCUT2D eigenvalue weighted by atomic mass is 9.82. The van der Waals surface area contributed by atoms with Gasteiger partial charge in [-0.05, 0) is 52.6 Å². The second kappa shape index (κ2) is 13.3. The fourth-order valence-corrected chi connectivity index (χ4v) is 11.2. The van der Waals surface area contributed by atoms with Gasteiger partial charge in [-0.15, -0.1) is 22.7 Å². The Bertz CT molecular complexity index is 3370. The monoisotopic (exact) mass is 775 g/mol. The number of nitrogens with zero attached hydrogens (tertiary/aromatic N) is 2. The third-order valence-corrected chi connectivity index (χ3v) is 13.8. The number of anilines is 1. The second-order valence-electron chi connectivity index (χ2n) is 14.9. The SMILES string of the molecule is c1ccc(-c2cc(-c3ccc(-c4cccc5c4NC(c4ccccc4)c4ccc6sc7ccccc7c6c4-5)cc3)nc(-c3cccc4sc5ccccc5c34)n2)cc1. The molecular formula is C53H33N3S2. The molecule has 1 aliphatic heterocycles. The van der Waals surface area contributed by atoms with Gasteiger partial charge in [-0.3, -0.25) is 0 Å². The maximum atomic E-state index is 5.31. The van der Waals surface area contributed by atoms with Gasteiger partial charge in [0.05, 0.1) is 23.1 Å². The molecule has 1 unspecified atom stereocenters. The molecule has 12 rings (SSSR count). The topological polar surface area (TPSA) is 37.8 Å².